The van der Waals surface area contributed by atoms with Crippen molar-refractivity contribution < 1.29 is 23.6 Å². The first-order valence-electron chi connectivity index (χ1n) is 9.32. The molecule has 1 aliphatic carbocycles. The molecule has 0 radical (unpaired) electrons. The van der Waals surface area contributed by atoms with Crippen LogP contribution in [0.4, 0.5) is 0 Å². The highest BCUT2D eigenvalue weighted by Crippen LogP contribution is 2.43. The van der Waals surface area contributed by atoms with E-state index in [4.69, 9.17) is 14.0 Å². The third kappa shape index (κ3) is 3.28. The Morgan fingerprint density at radius 3 is 2.72 bits per heavy atom. The number of ether oxygens (including phenoxy) is 2. The topological polar surface area (TPSA) is 109 Å². The molecule has 1 saturated carbocycles. The van der Waals surface area contributed by atoms with Crippen LogP contribution in [0.15, 0.2) is 29.0 Å². The van der Waals surface area contributed by atoms with Crippen molar-refractivity contribution >= 4 is 11.8 Å². The molecular weight excluding hydrogens is 376 g/mol. The van der Waals surface area contributed by atoms with Gasteiger partial charge in [-0.3, -0.25) is 4.79 Å². The maximum absolute atomic E-state index is 13.5. The SMILES string of the molecule is CCOC(=O)c1noc(C2CC2)c1C(=O)c1ccc(-n2ccnn2)c(OC)c1C. The van der Waals surface area contributed by atoms with Crippen LogP contribution < -0.4 is 4.74 Å². The number of aromatic nitrogens is 4. The van der Waals surface area contributed by atoms with Crippen LogP contribution in [0.3, 0.4) is 0 Å². The van der Waals surface area contributed by atoms with E-state index in [1.54, 1.807) is 43.1 Å². The molecule has 3 aromatic rings. The molecule has 4 rings (SSSR count). The Balaban J connectivity index is 1.81. The lowest BCUT2D eigenvalue weighted by Gasteiger charge is -2.14. The summed E-state index contributed by atoms with van der Waals surface area (Å²) in [6, 6.07) is 3.40. The van der Waals surface area contributed by atoms with Crippen molar-refractivity contribution in [2.24, 2.45) is 0 Å². The third-order valence-corrected chi connectivity index (χ3v) is 4.87. The molecule has 0 unspecified atom stereocenters. The summed E-state index contributed by atoms with van der Waals surface area (Å²) in [7, 11) is 1.52. The van der Waals surface area contributed by atoms with Crippen LogP contribution in [0, 0.1) is 6.92 Å². The van der Waals surface area contributed by atoms with Gasteiger partial charge in [-0.15, -0.1) is 5.10 Å². The summed E-state index contributed by atoms with van der Waals surface area (Å²) in [4.78, 5) is 25.8. The first-order chi connectivity index (χ1) is 14.1. The molecule has 1 aromatic carbocycles. The number of nitrogens with zero attached hydrogens (tertiary/aromatic N) is 4. The molecule has 9 nitrogen and oxygen atoms in total. The molecule has 29 heavy (non-hydrogen) atoms. The first kappa shape index (κ1) is 18.9. The summed E-state index contributed by atoms with van der Waals surface area (Å²) in [6.45, 7) is 3.65. The van der Waals surface area contributed by atoms with E-state index >= 15 is 0 Å². The number of esters is 1. The highest BCUT2D eigenvalue weighted by molar-refractivity contribution is 6.15. The monoisotopic (exact) mass is 396 g/mol. The summed E-state index contributed by atoms with van der Waals surface area (Å²) in [5, 5.41) is 11.6. The van der Waals surface area contributed by atoms with Gasteiger partial charge in [0, 0.05) is 17.0 Å². The van der Waals surface area contributed by atoms with Gasteiger partial charge in [-0.1, -0.05) is 10.4 Å². The molecule has 1 fully saturated rings. The summed E-state index contributed by atoms with van der Waals surface area (Å²) >= 11 is 0. The maximum Gasteiger partial charge on any atom is 0.361 e. The molecule has 9 heteroatoms. The number of benzene rings is 1. The zero-order valence-corrected chi connectivity index (χ0v) is 16.3. The second kappa shape index (κ2) is 7.50. The molecule has 0 spiro atoms. The van der Waals surface area contributed by atoms with Gasteiger partial charge in [0.1, 0.15) is 17.0 Å². The molecule has 0 atom stereocenters. The Morgan fingerprint density at radius 2 is 2.10 bits per heavy atom. The average Bonchev–Trinajstić information content (AvgIpc) is 3.24. The first-order valence-corrected chi connectivity index (χ1v) is 9.32. The maximum atomic E-state index is 13.5. The predicted molar refractivity (Wildman–Crippen MR) is 101 cm³/mol. The van der Waals surface area contributed by atoms with E-state index in [9.17, 15) is 9.59 Å². The minimum absolute atomic E-state index is 0.0857. The fraction of sp³-hybridized carbons (Fsp3) is 0.350. The lowest BCUT2D eigenvalue weighted by Crippen LogP contribution is -2.14. The Morgan fingerprint density at radius 1 is 1.31 bits per heavy atom. The normalized spacial score (nSPS) is 13.3. The molecule has 0 bridgehead atoms. The Labute approximate surface area is 166 Å². The van der Waals surface area contributed by atoms with Crippen molar-refractivity contribution in [1.82, 2.24) is 20.2 Å². The molecule has 2 aromatic heterocycles. The van der Waals surface area contributed by atoms with Gasteiger partial charge in [0.25, 0.3) is 0 Å². The van der Waals surface area contributed by atoms with E-state index in [1.165, 1.54) is 7.11 Å². The van der Waals surface area contributed by atoms with Crippen LogP contribution in [0.1, 0.15) is 63.4 Å². The van der Waals surface area contributed by atoms with Crippen LogP contribution in [-0.2, 0) is 4.74 Å². The van der Waals surface area contributed by atoms with Crippen molar-refractivity contribution in [3.63, 3.8) is 0 Å². The van der Waals surface area contributed by atoms with Crippen LogP contribution in [0.25, 0.3) is 5.69 Å². The summed E-state index contributed by atoms with van der Waals surface area (Å²) in [6.07, 6.45) is 5.03. The van der Waals surface area contributed by atoms with E-state index < -0.39 is 5.97 Å². The van der Waals surface area contributed by atoms with Crippen LogP contribution in [0.5, 0.6) is 5.75 Å². The lowest BCUT2D eigenvalue weighted by molar-refractivity contribution is 0.0512. The Kier molecular flexibility index (Phi) is 4.87. The zero-order chi connectivity index (χ0) is 20.5. The van der Waals surface area contributed by atoms with Crippen molar-refractivity contribution in [3.05, 3.63) is 52.7 Å². The van der Waals surface area contributed by atoms with E-state index in [0.29, 0.717) is 28.3 Å². The number of methoxy groups -OCH3 is 1. The van der Waals surface area contributed by atoms with Crippen molar-refractivity contribution in [1.29, 1.82) is 0 Å². The zero-order valence-electron chi connectivity index (χ0n) is 16.3. The number of carbonyl (C=O) groups is 2. The predicted octanol–water partition coefficient (Wildman–Crippen LogP) is 2.86. The molecule has 0 aliphatic heterocycles. The largest absolute Gasteiger partial charge is 0.494 e. The Bertz CT molecular complexity index is 1070. The number of carbonyl (C=O) groups excluding carboxylic acids is 2. The van der Waals surface area contributed by atoms with E-state index in [0.717, 1.165) is 12.8 Å². The van der Waals surface area contributed by atoms with Crippen LogP contribution in [0.2, 0.25) is 0 Å². The fourth-order valence-corrected chi connectivity index (χ4v) is 3.32. The van der Waals surface area contributed by atoms with Crippen molar-refractivity contribution in [2.75, 3.05) is 13.7 Å². The summed E-state index contributed by atoms with van der Waals surface area (Å²) < 4.78 is 17.5. The third-order valence-electron chi connectivity index (χ3n) is 4.87. The Hall–Kier alpha value is -3.49. The molecule has 0 amide bonds. The van der Waals surface area contributed by atoms with Crippen molar-refractivity contribution in [3.8, 4) is 11.4 Å². The van der Waals surface area contributed by atoms with Gasteiger partial charge >= 0.3 is 5.97 Å². The standard InChI is InChI=1S/C20H20N4O5/c1-4-28-20(26)16-15(19(29-22-16)12-5-6-12)17(25)13-7-8-14(18(27-3)11(13)2)24-10-9-21-23-24/h7-10,12H,4-6H2,1-3H3. The van der Waals surface area contributed by atoms with Gasteiger partial charge in [-0.2, -0.15) is 0 Å². The average molecular weight is 396 g/mol. The smallest absolute Gasteiger partial charge is 0.361 e. The van der Waals surface area contributed by atoms with Gasteiger partial charge in [0.2, 0.25) is 5.69 Å². The molecule has 0 N–H and O–H groups in total. The fourth-order valence-electron chi connectivity index (χ4n) is 3.32. The van der Waals surface area contributed by atoms with Crippen molar-refractivity contribution in [2.45, 2.75) is 32.6 Å². The summed E-state index contributed by atoms with van der Waals surface area (Å²) in [5.74, 6) is 0.00832. The summed E-state index contributed by atoms with van der Waals surface area (Å²) in [5.41, 5.74) is 1.74. The van der Waals surface area contributed by atoms with Gasteiger partial charge in [0.05, 0.1) is 26.1 Å². The van der Waals surface area contributed by atoms with Crippen LogP contribution >= 0.6 is 0 Å². The minimum Gasteiger partial charge on any atom is -0.494 e. The lowest BCUT2D eigenvalue weighted by atomic mass is 9.95. The number of rotatable bonds is 7. The van der Waals surface area contributed by atoms with Gasteiger partial charge in [-0.25, -0.2) is 9.48 Å². The van der Waals surface area contributed by atoms with E-state index in [-0.39, 0.29) is 29.6 Å². The second-order valence-corrected chi connectivity index (χ2v) is 6.73. The second-order valence-electron chi connectivity index (χ2n) is 6.73. The number of hydrogen-bond donors (Lipinski definition) is 0. The highest BCUT2D eigenvalue weighted by Gasteiger charge is 2.38. The number of ketones is 1. The van der Waals surface area contributed by atoms with Crippen LogP contribution in [-0.4, -0.2) is 45.6 Å². The van der Waals surface area contributed by atoms with E-state index in [1.807, 2.05) is 0 Å². The molecular formula is C20H20N4O5. The minimum atomic E-state index is -0.671. The molecule has 150 valence electrons. The van der Waals surface area contributed by atoms with Gasteiger partial charge in [0.15, 0.2) is 11.5 Å². The van der Waals surface area contributed by atoms with E-state index in [2.05, 4.69) is 15.5 Å². The van der Waals surface area contributed by atoms with Gasteiger partial charge < -0.3 is 14.0 Å². The highest BCUT2D eigenvalue weighted by atomic mass is 16.5. The quantitative estimate of drug-likeness (QED) is 0.443. The van der Waals surface area contributed by atoms with Gasteiger partial charge in [-0.05, 0) is 38.8 Å². The molecule has 2 heterocycles. The number of hydrogen-bond acceptors (Lipinski definition) is 8. The molecule has 0 saturated heterocycles. The molecule has 1 aliphatic rings.